The summed E-state index contributed by atoms with van der Waals surface area (Å²) in [5.41, 5.74) is 0. The summed E-state index contributed by atoms with van der Waals surface area (Å²) >= 11 is 0. The maximum atomic E-state index is 13.0. The van der Waals surface area contributed by atoms with E-state index in [9.17, 15) is 19.4 Å². The molecule has 9 heteroatoms. The second-order valence-corrected chi connectivity index (χ2v) is 28.1. The number of hydrogen-bond donors (Lipinski definition) is 3. The topological polar surface area (TPSA) is 105 Å². The summed E-state index contributed by atoms with van der Waals surface area (Å²) in [6.07, 6.45) is 82.4. The number of carbonyl (C=O) groups excluding carboxylic acids is 1. The van der Waals surface area contributed by atoms with Crippen molar-refractivity contribution in [3.05, 3.63) is 12.2 Å². The Hall–Kier alpha value is -0.760. The highest BCUT2D eigenvalue weighted by atomic mass is 31.2. The molecule has 3 atom stereocenters. The molecule has 0 fully saturated rings. The molecular weight excluding hydrogens is 1020 g/mol. The van der Waals surface area contributed by atoms with E-state index in [0.717, 1.165) is 32.1 Å². The fourth-order valence-electron chi connectivity index (χ4n) is 11.6. The summed E-state index contributed by atoms with van der Waals surface area (Å²) < 4.78 is 23.8. The summed E-state index contributed by atoms with van der Waals surface area (Å²) in [7, 11) is 1.60. The first kappa shape index (κ1) is 80.2. The van der Waals surface area contributed by atoms with Crippen LogP contribution < -0.4 is 5.32 Å². The van der Waals surface area contributed by atoms with Crippen molar-refractivity contribution in [2.75, 3.05) is 40.9 Å². The molecule has 0 bridgehead atoms. The number of unbranched alkanes of at least 4 members (excludes halogenated alkanes) is 56. The fourth-order valence-corrected chi connectivity index (χ4v) is 12.3. The van der Waals surface area contributed by atoms with Gasteiger partial charge in [0.25, 0.3) is 0 Å². The number of allylic oxidation sites excluding steroid dienone is 1. The van der Waals surface area contributed by atoms with Crippen LogP contribution in [0, 0.1) is 0 Å². The Balaban J connectivity index is 3.89. The molecule has 0 saturated heterocycles. The maximum absolute atomic E-state index is 13.0. The lowest BCUT2D eigenvalue weighted by molar-refractivity contribution is -0.870. The Morgan fingerprint density at radius 2 is 0.654 bits per heavy atom. The highest BCUT2D eigenvalue weighted by Crippen LogP contribution is 2.43. The third kappa shape index (κ3) is 66.6. The van der Waals surface area contributed by atoms with Crippen molar-refractivity contribution in [1.82, 2.24) is 5.32 Å². The molecule has 0 aliphatic rings. The van der Waals surface area contributed by atoms with E-state index in [0.29, 0.717) is 17.4 Å². The van der Waals surface area contributed by atoms with Crippen LogP contribution in [0.4, 0.5) is 0 Å². The molecular formula is C72H146N2O6P+. The predicted molar refractivity (Wildman–Crippen MR) is 355 cm³/mol. The molecule has 3 unspecified atom stereocenters. The standard InChI is InChI=1S/C72H145N2O6P/c1-6-8-10-12-14-16-18-20-22-24-26-28-29-30-31-32-33-34-35-36-37-38-39-40-41-42-43-44-45-46-48-50-52-54-56-58-60-62-64-66-72(76)73-70(69-80-81(77,78)79-68-67-74(3,4)5)71(75)65-63-61-59-57-55-53-51-49-47-27-25-23-21-19-17-15-13-11-9-7-2/h63,65,70-71,75H,6-62,64,66-69H2,1-5H3,(H-,73,76,77,78)/p+1/b65-63+. The van der Waals surface area contributed by atoms with Crippen LogP contribution in [-0.2, 0) is 18.4 Å². The van der Waals surface area contributed by atoms with Gasteiger partial charge in [-0.3, -0.25) is 13.8 Å². The smallest absolute Gasteiger partial charge is 0.387 e. The molecule has 0 radical (unpaired) electrons. The number of quaternary nitrogens is 1. The average molecular weight is 1170 g/mol. The molecule has 0 aliphatic carbocycles. The monoisotopic (exact) mass is 1170 g/mol. The van der Waals surface area contributed by atoms with Gasteiger partial charge in [-0.1, -0.05) is 379 Å². The largest absolute Gasteiger partial charge is 0.472 e. The number of hydrogen-bond acceptors (Lipinski definition) is 5. The van der Waals surface area contributed by atoms with Gasteiger partial charge in [-0.25, -0.2) is 4.57 Å². The van der Waals surface area contributed by atoms with E-state index in [1.807, 2.05) is 27.2 Å². The second-order valence-electron chi connectivity index (χ2n) is 26.7. The zero-order valence-corrected chi connectivity index (χ0v) is 56.5. The van der Waals surface area contributed by atoms with Gasteiger partial charge in [0.1, 0.15) is 13.2 Å². The van der Waals surface area contributed by atoms with Gasteiger partial charge in [-0.2, -0.15) is 0 Å². The minimum Gasteiger partial charge on any atom is -0.387 e. The Bertz CT molecular complexity index is 1320. The maximum Gasteiger partial charge on any atom is 0.472 e. The fraction of sp³-hybridized carbons (Fsp3) is 0.958. The highest BCUT2D eigenvalue weighted by molar-refractivity contribution is 7.47. The summed E-state index contributed by atoms with van der Waals surface area (Å²) in [5.74, 6) is -0.167. The van der Waals surface area contributed by atoms with Crippen molar-refractivity contribution in [2.45, 2.75) is 405 Å². The Labute approximate surface area is 507 Å². The summed E-state index contributed by atoms with van der Waals surface area (Å²) in [4.78, 5) is 23.4. The quantitative estimate of drug-likeness (QED) is 0.0243. The van der Waals surface area contributed by atoms with Crippen LogP contribution in [0.5, 0.6) is 0 Å². The molecule has 81 heavy (non-hydrogen) atoms. The van der Waals surface area contributed by atoms with Crippen molar-refractivity contribution in [3.63, 3.8) is 0 Å². The lowest BCUT2D eigenvalue weighted by Crippen LogP contribution is -2.45. The van der Waals surface area contributed by atoms with Gasteiger partial charge in [-0.15, -0.1) is 0 Å². The summed E-state index contributed by atoms with van der Waals surface area (Å²) in [6, 6.07) is -0.843. The second kappa shape index (κ2) is 63.7. The molecule has 1 amide bonds. The van der Waals surface area contributed by atoms with Gasteiger partial charge >= 0.3 is 7.82 Å². The molecule has 0 saturated carbocycles. The molecule has 0 aromatic carbocycles. The van der Waals surface area contributed by atoms with Crippen LogP contribution >= 0.6 is 7.82 Å². The van der Waals surface area contributed by atoms with Crippen LogP contribution in [0.1, 0.15) is 393 Å². The summed E-state index contributed by atoms with van der Waals surface area (Å²) in [5, 5.41) is 14.0. The van der Waals surface area contributed by atoms with E-state index in [1.165, 1.54) is 340 Å². The van der Waals surface area contributed by atoms with E-state index in [-0.39, 0.29) is 19.1 Å². The van der Waals surface area contributed by atoms with Gasteiger partial charge < -0.3 is 19.8 Å². The van der Waals surface area contributed by atoms with Crippen LogP contribution in [0.15, 0.2) is 12.2 Å². The third-order valence-electron chi connectivity index (χ3n) is 17.3. The minimum absolute atomic E-state index is 0.0654. The van der Waals surface area contributed by atoms with Gasteiger partial charge in [-0.05, 0) is 19.3 Å². The Morgan fingerprint density at radius 3 is 0.914 bits per heavy atom. The number of carbonyl (C=O) groups is 1. The number of nitrogens with zero attached hydrogens (tertiary/aromatic N) is 1. The molecule has 3 N–H and O–H groups in total. The lowest BCUT2D eigenvalue weighted by atomic mass is 10.0. The molecule has 0 aromatic rings. The van der Waals surface area contributed by atoms with Crippen molar-refractivity contribution in [1.29, 1.82) is 0 Å². The normalized spacial score (nSPS) is 13.6. The van der Waals surface area contributed by atoms with Gasteiger partial charge in [0, 0.05) is 6.42 Å². The number of aliphatic hydroxyl groups excluding tert-OH is 1. The number of amides is 1. The SMILES string of the molecule is CCCCCCCCCCCCCCCCCCCC/C=C/C(O)C(COP(=O)(O)OCC[N+](C)(C)C)NC(=O)CCCCCCCCCCCCCCCCCCCCCCCCCCCCCCCCCCCCCCCCC. The average Bonchev–Trinajstić information content (AvgIpc) is 3.43. The Kier molecular flexibility index (Phi) is 63.1. The number of likely N-dealkylation sites (N-methyl/N-ethyl adjacent to an activating group) is 1. The van der Waals surface area contributed by atoms with Crippen LogP contribution in [0.3, 0.4) is 0 Å². The molecule has 0 aliphatic heterocycles. The zero-order chi connectivity index (χ0) is 59.1. The first-order chi connectivity index (χ1) is 39.5. The predicted octanol–water partition coefficient (Wildman–Crippen LogP) is 23.3. The highest BCUT2D eigenvalue weighted by Gasteiger charge is 2.28. The van der Waals surface area contributed by atoms with E-state index in [4.69, 9.17) is 9.05 Å². The van der Waals surface area contributed by atoms with Gasteiger partial charge in [0.05, 0.1) is 39.9 Å². The van der Waals surface area contributed by atoms with Gasteiger partial charge in [0.2, 0.25) is 5.91 Å². The molecule has 0 rings (SSSR count). The van der Waals surface area contributed by atoms with E-state index in [2.05, 4.69) is 19.2 Å². The van der Waals surface area contributed by atoms with Crippen LogP contribution in [-0.4, -0.2) is 73.4 Å². The first-order valence-corrected chi connectivity index (χ1v) is 38.1. The number of nitrogens with one attached hydrogen (secondary N) is 1. The Morgan fingerprint density at radius 1 is 0.407 bits per heavy atom. The summed E-state index contributed by atoms with van der Waals surface area (Å²) in [6.45, 7) is 4.89. The number of aliphatic hydroxyl groups is 1. The van der Waals surface area contributed by atoms with E-state index in [1.54, 1.807) is 6.08 Å². The zero-order valence-electron chi connectivity index (χ0n) is 55.6. The molecule has 8 nitrogen and oxygen atoms in total. The van der Waals surface area contributed by atoms with Crippen molar-refractivity contribution < 1.29 is 32.9 Å². The third-order valence-corrected chi connectivity index (χ3v) is 18.2. The van der Waals surface area contributed by atoms with Crippen LogP contribution in [0.2, 0.25) is 0 Å². The first-order valence-electron chi connectivity index (χ1n) is 36.6. The van der Waals surface area contributed by atoms with Crippen molar-refractivity contribution in [2.24, 2.45) is 0 Å². The number of phosphoric acid groups is 1. The van der Waals surface area contributed by atoms with E-state index < -0.39 is 20.0 Å². The lowest BCUT2D eigenvalue weighted by Gasteiger charge is -2.25. The van der Waals surface area contributed by atoms with Crippen molar-refractivity contribution >= 4 is 13.7 Å². The van der Waals surface area contributed by atoms with Gasteiger partial charge in [0.15, 0.2) is 0 Å². The molecule has 0 spiro atoms. The number of phosphoric ester groups is 1. The van der Waals surface area contributed by atoms with Crippen molar-refractivity contribution in [3.8, 4) is 0 Å². The molecule has 0 aromatic heterocycles. The molecule has 0 heterocycles. The van der Waals surface area contributed by atoms with Crippen LogP contribution in [0.25, 0.3) is 0 Å². The molecule has 484 valence electrons. The van der Waals surface area contributed by atoms with E-state index >= 15 is 0 Å². The number of rotatable bonds is 69. The minimum atomic E-state index is -4.35.